The smallest absolute Gasteiger partial charge is 0.335 e. The fraction of sp³-hybridized carbons (Fsp3) is 0.375. The van der Waals surface area contributed by atoms with E-state index in [1.54, 1.807) is 13.8 Å². The fourth-order valence-electron chi connectivity index (χ4n) is 2.27. The van der Waals surface area contributed by atoms with E-state index in [2.05, 4.69) is 0 Å². The second-order valence-electron chi connectivity index (χ2n) is 5.41. The zero-order valence-corrected chi connectivity index (χ0v) is 14.1. The summed E-state index contributed by atoms with van der Waals surface area (Å²) < 4.78 is 21.9. The van der Waals surface area contributed by atoms with Gasteiger partial charge in [0.1, 0.15) is 11.6 Å². The highest BCUT2D eigenvalue weighted by Crippen LogP contribution is 2.29. The summed E-state index contributed by atoms with van der Waals surface area (Å²) in [5.74, 6) is -0.554. The lowest BCUT2D eigenvalue weighted by Gasteiger charge is -2.15. The monoisotopic (exact) mass is 340 g/mol. The van der Waals surface area contributed by atoms with Crippen molar-refractivity contribution in [2.75, 3.05) is 0 Å². The molecule has 1 heterocycles. The first-order valence-electron chi connectivity index (χ1n) is 7.24. The zero-order valence-electron chi connectivity index (χ0n) is 13.4. The summed E-state index contributed by atoms with van der Waals surface area (Å²) in [6.45, 7) is 5.41. The third kappa shape index (κ3) is 3.32. The Kier molecular flexibility index (Phi) is 4.94. The number of hydrogen-bond donors (Lipinski definition) is 0. The molecule has 1 aromatic carbocycles. The molecule has 0 aliphatic rings. The lowest BCUT2D eigenvalue weighted by Crippen LogP contribution is -2.39. The standard InChI is InChI=1S/C16H18ClFN2O3/c1-5-10-6-15(21)20(16(22)19(10)4)13-8-14(23-9(2)3)11(17)7-12(13)18/h6-9H,5H2,1-4H3. The maximum atomic E-state index is 14.3. The van der Waals surface area contributed by atoms with E-state index in [9.17, 15) is 14.0 Å². The van der Waals surface area contributed by atoms with Crippen molar-refractivity contribution in [2.45, 2.75) is 33.3 Å². The normalized spacial score (nSPS) is 11.1. The van der Waals surface area contributed by atoms with Crippen molar-refractivity contribution in [1.82, 2.24) is 9.13 Å². The Balaban J connectivity index is 2.75. The van der Waals surface area contributed by atoms with E-state index in [4.69, 9.17) is 16.3 Å². The van der Waals surface area contributed by atoms with Crippen molar-refractivity contribution in [3.8, 4) is 11.4 Å². The van der Waals surface area contributed by atoms with Gasteiger partial charge in [0.2, 0.25) is 0 Å². The third-order valence-corrected chi connectivity index (χ3v) is 3.68. The Morgan fingerprint density at radius 1 is 1.26 bits per heavy atom. The summed E-state index contributed by atoms with van der Waals surface area (Å²) in [7, 11) is 1.54. The molecule has 124 valence electrons. The van der Waals surface area contributed by atoms with E-state index in [0.717, 1.165) is 10.6 Å². The minimum Gasteiger partial charge on any atom is -0.489 e. The van der Waals surface area contributed by atoms with Gasteiger partial charge in [-0.25, -0.2) is 13.8 Å². The van der Waals surface area contributed by atoms with Gasteiger partial charge in [-0.15, -0.1) is 0 Å². The summed E-state index contributed by atoms with van der Waals surface area (Å²) in [5.41, 5.74) is -0.824. The van der Waals surface area contributed by atoms with E-state index in [1.807, 2.05) is 6.92 Å². The van der Waals surface area contributed by atoms with Crippen molar-refractivity contribution in [3.05, 3.63) is 55.6 Å². The van der Waals surface area contributed by atoms with Crippen molar-refractivity contribution in [3.63, 3.8) is 0 Å². The molecule has 0 atom stereocenters. The Labute approximate surface area is 137 Å². The molecule has 0 fully saturated rings. The molecular weight excluding hydrogens is 323 g/mol. The first kappa shape index (κ1) is 17.3. The summed E-state index contributed by atoms with van der Waals surface area (Å²) in [4.78, 5) is 24.7. The first-order chi connectivity index (χ1) is 10.8. The van der Waals surface area contributed by atoms with Crippen LogP contribution in [0.5, 0.6) is 5.75 Å². The maximum absolute atomic E-state index is 14.3. The van der Waals surface area contributed by atoms with Gasteiger partial charge in [-0.3, -0.25) is 4.79 Å². The molecule has 5 nitrogen and oxygen atoms in total. The minimum absolute atomic E-state index is 0.0787. The fourth-order valence-corrected chi connectivity index (χ4v) is 2.46. The van der Waals surface area contributed by atoms with Gasteiger partial charge >= 0.3 is 5.69 Å². The Bertz CT molecular complexity index is 856. The Hall–Kier alpha value is -2.08. The number of aryl methyl sites for hydroxylation is 1. The van der Waals surface area contributed by atoms with Gasteiger partial charge in [0.15, 0.2) is 0 Å². The van der Waals surface area contributed by atoms with Crippen LogP contribution < -0.4 is 16.0 Å². The predicted molar refractivity (Wildman–Crippen MR) is 87.4 cm³/mol. The Morgan fingerprint density at radius 3 is 2.48 bits per heavy atom. The van der Waals surface area contributed by atoms with Crippen molar-refractivity contribution >= 4 is 11.6 Å². The van der Waals surface area contributed by atoms with Gasteiger partial charge < -0.3 is 9.30 Å². The molecule has 2 rings (SSSR count). The van der Waals surface area contributed by atoms with Gasteiger partial charge in [-0.2, -0.15) is 0 Å². The second kappa shape index (κ2) is 6.58. The topological polar surface area (TPSA) is 53.2 Å². The van der Waals surface area contributed by atoms with Crippen LogP contribution >= 0.6 is 11.6 Å². The molecule has 0 radical (unpaired) electrons. The molecule has 0 spiro atoms. The summed E-state index contributed by atoms with van der Waals surface area (Å²) in [5, 5.41) is 0.0787. The number of rotatable bonds is 4. The average molecular weight is 341 g/mol. The number of halogens is 2. The molecule has 23 heavy (non-hydrogen) atoms. The molecule has 0 saturated carbocycles. The van der Waals surface area contributed by atoms with Crippen molar-refractivity contribution in [1.29, 1.82) is 0 Å². The largest absolute Gasteiger partial charge is 0.489 e. The summed E-state index contributed by atoms with van der Waals surface area (Å²) in [6, 6.07) is 3.62. The summed E-state index contributed by atoms with van der Waals surface area (Å²) >= 11 is 5.96. The Morgan fingerprint density at radius 2 is 1.91 bits per heavy atom. The van der Waals surface area contributed by atoms with Crippen LogP contribution in [0.1, 0.15) is 26.5 Å². The zero-order chi connectivity index (χ0) is 17.3. The number of benzene rings is 1. The van der Waals surface area contributed by atoms with Crippen molar-refractivity contribution < 1.29 is 9.13 Å². The van der Waals surface area contributed by atoms with Crippen LogP contribution in [0.3, 0.4) is 0 Å². The molecule has 0 amide bonds. The van der Waals surface area contributed by atoms with Crippen LogP contribution in [0.2, 0.25) is 5.02 Å². The predicted octanol–water partition coefficient (Wildman–Crippen LogP) is 2.68. The highest BCUT2D eigenvalue weighted by Gasteiger charge is 2.17. The van der Waals surface area contributed by atoms with Crippen molar-refractivity contribution in [2.24, 2.45) is 7.05 Å². The molecule has 0 N–H and O–H groups in total. The van der Waals surface area contributed by atoms with E-state index in [-0.39, 0.29) is 22.6 Å². The average Bonchev–Trinajstić information content (AvgIpc) is 2.47. The highest BCUT2D eigenvalue weighted by molar-refractivity contribution is 6.32. The number of ether oxygens (including phenoxy) is 1. The molecule has 0 aliphatic carbocycles. The van der Waals surface area contributed by atoms with Crippen LogP contribution in [0.15, 0.2) is 27.8 Å². The van der Waals surface area contributed by atoms with Crippen LogP contribution in [0.4, 0.5) is 4.39 Å². The SMILES string of the molecule is CCc1cc(=O)n(-c2cc(OC(C)C)c(Cl)cc2F)c(=O)n1C. The van der Waals surface area contributed by atoms with Gasteiger partial charge in [0.05, 0.1) is 16.8 Å². The molecule has 2 aromatic rings. The van der Waals surface area contributed by atoms with E-state index < -0.39 is 17.1 Å². The number of hydrogen-bond acceptors (Lipinski definition) is 3. The molecule has 0 bridgehead atoms. The van der Waals surface area contributed by atoms with E-state index in [0.29, 0.717) is 12.1 Å². The first-order valence-corrected chi connectivity index (χ1v) is 7.62. The van der Waals surface area contributed by atoms with Crippen LogP contribution in [-0.2, 0) is 13.5 Å². The van der Waals surface area contributed by atoms with Crippen LogP contribution in [0.25, 0.3) is 5.69 Å². The molecule has 0 saturated heterocycles. The lowest BCUT2D eigenvalue weighted by molar-refractivity contribution is 0.242. The van der Waals surface area contributed by atoms with Crippen LogP contribution in [0, 0.1) is 5.82 Å². The molecule has 7 heteroatoms. The lowest BCUT2D eigenvalue weighted by atomic mass is 10.2. The quantitative estimate of drug-likeness (QED) is 0.860. The number of aromatic nitrogens is 2. The van der Waals surface area contributed by atoms with Gasteiger partial charge in [-0.1, -0.05) is 18.5 Å². The second-order valence-corrected chi connectivity index (χ2v) is 5.81. The molecule has 0 unspecified atom stereocenters. The number of nitrogens with zero attached hydrogens (tertiary/aromatic N) is 2. The third-order valence-electron chi connectivity index (χ3n) is 3.39. The van der Waals surface area contributed by atoms with E-state index >= 15 is 0 Å². The molecule has 0 aliphatic heterocycles. The molecule has 1 aromatic heterocycles. The van der Waals surface area contributed by atoms with Gasteiger partial charge in [-0.05, 0) is 26.3 Å². The van der Waals surface area contributed by atoms with Gasteiger partial charge in [0.25, 0.3) is 5.56 Å². The molecular formula is C16H18ClFN2O3. The van der Waals surface area contributed by atoms with Gasteiger partial charge in [0, 0.05) is 24.9 Å². The summed E-state index contributed by atoms with van der Waals surface area (Å²) in [6.07, 6.45) is 0.333. The minimum atomic E-state index is -0.769. The maximum Gasteiger partial charge on any atom is 0.335 e. The highest BCUT2D eigenvalue weighted by atomic mass is 35.5. The van der Waals surface area contributed by atoms with E-state index in [1.165, 1.54) is 23.7 Å². The van der Waals surface area contributed by atoms with Crippen LogP contribution in [-0.4, -0.2) is 15.2 Å².